The first kappa shape index (κ1) is 29.6. The molecule has 7 aromatic rings. The smallest absolute Gasteiger partial charge is 0.0544 e. The van der Waals surface area contributed by atoms with Gasteiger partial charge in [-0.05, 0) is 113 Å². The molecule has 46 heavy (non-hydrogen) atoms. The Labute approximate surface area is 273 Å². The van der Waals surface area contributed by atoms with E-state index < -0.39 is 0 Å². The average molecular weight is 596 g/mol. The van der Waals surface area contributed by atoms with Crippen LogP contribution in [0.3, 0.4) is 0 Å². The lowest BCUT2D eigenvalue weighted by molar-refractivity contribution is 0.660. The Morgan fingerprint density at radius 1 is 0.609 bits per heavy atom. The van der Waals surface area contributed by atoms with Crippen LogP contribution in [0, 0.1) is 13.8 Å². The molecule has 0 amide bonds. The van der Waals surface area contributed by atoms with Crippen LogP contribution in [0.2, 0.25) is 0 Å². The van der Waals surface area contributed by atoms with Gasteiger partial charge in [0.1, 0.15) is 0 Å². The number of aryl methyl sites for hydroxylation is 3. The molecule has 8 rings (SSSR count). The van der Waals surface area contributed by atoms with E-state index in [2.05, 4.69) is 167 Å². The normalized spacial score (nSPS) is 12.8. The van der Waals surface area contributed by atoms with Crippen LogP contribution in [0.4, 0.5) is 0 Å². The molecule has 0 bridgehead atoms. The van der Waals surface area contributed by atoms with Crippen molar-refractivity contribution in [2.75, 3.05) is 0 Å². The summed E-state index contributed by atoms with van der Waals surface area (Å²) in [5, 5.41) is 2.62. The molecule has 1 aromatic heterocycles. The fourth-order valence-electron chi connectivity index (χ4n) is 7.29. The summed E-state index contributed by atoms with van der Waals surface area (Å²) in [5.41, 5.74) is 16.8. The molecule has 1 aliphatic carbocycles. The molecule has 0 unspecified atom stereocenters. The van der Waals surface area contributed by atoms with E-state index in [0.29, 0.717) is 0 Å². The van der Waals surface area contributed by atoms with E-state index in [9.17, 15) is 0 Å². The van der Waals surface area contributed by atoms with Gasteiger partial charge in [-0.25, -0.2) is 0 Å². The fraction of sp³-hybridized carbons (Fsp3) is 0.156. The lowest BCUT2D eigenvalue weighted by atomic mass is 9.81. The molecule has 226 valence electrons. The Hall–Kier alpha value is -5.14. The first-order chi connectivity index (χ1) is 22.3. The van der Waals surface area contributed by atoms with Crippen LogP contribution in [-0.4, -0.2) is 4.57 Å². The van der Waals surface area contributed by atoms with E-state index in [0.717, 1.165) is 6.42 Å². The second-order valence-corrected chi connectivity index (χ2v) is 13.1. The zero-order valence-electron chi connectivity index (χ0n) is 27.6. The van der Waals surface area contributed by atoms with Crippen LogP contribution in [0.5, 0.6) is 0 Å². The van der Waals surface area contributed by atoms with Crippen molar-refractivity contribution in [1.29, 1.82) is 0 Å². The Kier molecular flexibility index (Phi) is 7.49. The molecular formula is C45H41N. The maximum atomic E-state index is 4.07. The van der Waals surface area contributed by atoms with Crippen molar-refractivity contribution >= 4 is 27.9 Å². The second kappa shape index (κ2) is 11.7. The van der Waals surface area contributed by atoms with Gasteiger partial charge in [0.15, 0.2) is 0 Å². The zero-order valence-corrected chi connectivity index (χ0v) is 27.6. The van der Waals surface area contributed by atoms with Crippen LogP contribution in [0.25, 0.3) is 55.8 Å². The van der Waals surface area contributed by atoms with Crippen molar-refractivity contribution in [3.05, 3.63) is 167 Å². The van der Waals surface area contributed by atoms with E-state index in [4.69, 9.17) is 0 Å². The molecule has 0 aliphatic heterocycles. The van der Waals surface area contributed by atoms with Crippen LogP contribution in [0.1, 0.15) is 54.2 Å². The number of benzene rings is 6. The number of rotatable bonds is 4. The largest absolute Gasteiger partial charge is 0.309 e. The highest BCUT2D eigenvalue weighted by Gasteiger charge is 2.37. The highest BCUT2D eigenvalue weighted by atomic mass is 15.0. The van der Waals surface area contributed by atoms with Crippen LogP contribution in [0.15, 0.2) is 134 Å². The van der Waals surface area contributed by atoms with E-state index in [-0.39, 0.29) is 5.41 Å². The summed E-state index contributed by atoms with van der Waals surface area (Å²) < 4.78 is 2.43. The van der Waals surface area contributed by atoms with E-state index >= 15 is 0 Å². The Balaban J connectivity index is 0.000000371. The van der Waals surface area contributed by atoms with E-state index in [1.807, 2.05) is 12.1 Å². The second-order valence-electron chi connectivity index (χ2n) is 13.1. The molecule has 0 spiro atoms. The number of para-hydroxylation sites is 1. The molecule has 0 saturated heterocycles. The summed E-state index contributed by atoms with van der Waals surface area (Å²) >= 11 is 0. The van der Waals surface area contributed by atoms with Crippen molar-refractivity contribution in [2.24, 2.45) is 0 Å². The monoisotopic (exact) mass is 595 g/mol. The van der Waals surface area contributed by atoms with Gasteiger partial charge in [0.2, 0.25) is 0 Å². The molecule has 0 atom stereocenters. The lowest BCUT2D eigenvalue weighted by Crippen LogP contribution is -2.15. The maximum absolute atomic E-state index is 4.07. The van der Waals surface area contributed by atoms with Gasteiger partial charge in [-0.3, -0.25) is 0 Å². The molecule has 0 radical (unpaired) electrons. The Morgan fingerprint density at radius 2 is 1.24 bits per heavy atom. The number of aromatic nitrogens is 1. The minimum atomic E-state index is -0.0893. The third kappa shape index (κ3) is 4.88. The average Bonchev–Trinajstić information content (AvgIpc) is 3.51. The minimum Gasteiger partial charge on any atom is -0.309 e. The van der Waals surface area contributed by atoms with Gasteiger partial charge in [-0.1, -0.05) is 124 Å². The van der Waals surface area contributed by atoms with Crippen LogP contribution in [-0.2, 0) is 11.8 Å². The molecule has 1 nitrogen and oxygen atoms in total. The molecule has 1 heterocycles. The third-order valence-corrected chi connectivity index (χ3v) is 9.80. The summed E-state index contributed by atoms with van der Waals surface area (Å²) in [7, 11) is 0. The van der Waals surface area contributed by atoms with Crippen molar-refractivity contribution in [3.63, 3.8) is 0 Å². The van der Waals surface area contributed by atoms with Gasteiger partial charge in [0.25, 0.3) is 0 Å². The molecule has 0 fully saturated rings. The van der Waals surface area contributed by atoms with E-state index in [1.54, 1.807) is 0 Å². The molecule has 0 N–H and O–H groups in total. The SMILES string of the molecule is C=Cc1ccccc1-c1cc2c(cc1C)C(C)(C)c1cc3c(cc1-2)c1cc(C)ccc1n3-c1ccccc1.CCc1ccccc1. The number of nitrogens with zero attached hydrogens (tertiary/aromatic N) is 1. The van der Waals surface area contributed by atoms with Gasteiger partial charge < -0.3 is 4.57 Å². The van der Waals surface area contributed by atoms with Crippen molar-refractivity contribution < 1.29 is 0 Å². The van der Waals surface area contributed by atoms with Gasteiger partial charge in [0, 0.05) is 21.9 Å². The summed E-state index contributed by atoms with van der Waals surface area (Å²) in [5.74, 6) is 0. The summed E-state index contributed by atoms with van der Waals surface area (Å²) in [6.07, 6.45) is 3.10. The molecule has 0 saturated carbocycles. The molecule has 6 aromatic carbocycles. The lowest BCUT2D eigenvalue weighted by Gasteiger charge is -2.23. The summed E-state index contributed by atoms with van der Waals surface area (Å²) in [6.45, 7) is 15.4. The van der Waals surface area contributed by atoms with Crippen molar-refractivity contribution in [2.45, 2.75) is 46.5 Å². The topological polar surface area (TPSA) is 4.93 Å². The third-order valence-electron chi connectivity index (χ3n) is 9.80. The van der Waals surface area contributed by atoms with Gasteiger partial charge in [-0.15, -0.1) is 0 Å². The molecule has 1 aliphatic rings. The van der Waals surface area contributed by atoms with Gasteiger partial charge in [0.05, 0.1) is 11.0 Å². The van der Waals surface area contributed by atoms with Gasteiger partial charge >= 0.3 is 0 Å². The van der Waals surface area contributed by atoms with Crippen molar-refractivity contribution in [1.82, 2.24) is 4.57 Å². The van der Waals surface area contributed by atoms with Gasteiger partial charge in [-0.2, -0.15) is 0 Å². The molecular weight excluding hydrogens is 555 g/mol. The fourth-order valence-corrected chi connectivity index (χ4v) is 7.29. The quantitative estimate of drug-likeness (QED) is 0.191. The first-order valence-corrected chi connectivity index (χ1v) is 16.4. The predicted molar refractivity (Wildman–Crippen MR) is 199 cm³/mol. The maximum Gasteiger partial charge on any atom is 0.0544 e. The number of hydrogen-bond acceptors (Lipinski definition) is 0. The Morgan fingerprint density at radius 3 is 1.93 bits per heavy atom. The standard InChI is InChI=1S/C37H31N.C8H10/c1-6-25-12-10-11-15-27(25)28-20-29-30-21-32-31-18-23(2)16-17-35(31)38(26-13-8-7-9-14-26)36(32)22-34(30)37(4,5)33(29)19-24(28)3;1-2-8-6-4-3-5-7-8/h6-22H,1H2,2-5H3;3-7H,2H2,1H3. The van der Waals surface area contributed by atoms with Crippen LogP contribution >= 0.6 is 0 Å². The zero-order chi connectivity index (χ0) is 32.0. The number of fused-ring (bicyclic) bond motifs is 6. The highest BCUT2D eigenvalue weighted by molar-refractivity contribution is 6.12. The van der Waals surface area contributed by atoms with Crippen LogP contribution < -0.4 is 0 Å². The minimum absolute atomic E-state index is 0.0893. The highest BCUT2D eigenvalue weighted by Crippen LogP contribution is 2.52. The summed E-state index contributed by atoms with van der Waals surface area (Å²) in [6, 6.07) is 46.4. The predicted octanol–water partition coefficient (Wildman–Crippen LogP) is 12.3. The summed E-state index contributed by atoms with van der Waals surface area (Å²) in [4.78, 5) is 0. The number of hydrogen-bond donors (Lipinski definition) is 0. The van der Waals surface area contributed by atoms with E-state index in [1.165, 1.54) is 83.1 Å². The van der Waals surface area contributed by atoms with Crippen molar-refractivity contribution in [3.8, 4) is 27.9 Å². The Bertz CT molecular complexity index is 2230. The first-order valence-electron chi connectivity index (χ1n) is 16.4. The molecule has 1 heteroatoms.